The number of aryl methyl sites for hydroxylation is 3. The molecule has 1 aromatic carbocycles. The minimum Gasteiger partial charge on any atom is -0.497 e. The molecule has 1 atom stereocenters. The molecule has 0 saturated carbocycles. The van der Waals surface area contributed by atoms with E-state index in [9.17, 15) is 9.59 Å². The monoisotopic (exact) mass is 477 g/mol. The Morgan fingerprint density at radius 2 is 1.94 bits per heavy atom. The van der Waals surface area contributed by atoms with Crippen LogP contribution in [0.4, 0.5) is 0 Å². The zero-order valence-electron chi connectivity index (χ0n) is 20.3. The molecular formula is C26H27N3O6. The molecule has 0 aliphatic heterocycles. The van der Waals surface area contributed by atoms with Crippen LogP contribution in [-0.4, -0.2) is 35.7 Å². The number of furan rings is 1. The Balaban J connectivity index is 1.76. The molecule has 0 aliphatic rings. The maximum atomic E-state index is 13.6. The average molecular weight is 478 g/mol. The van der Waals surface area contributed by atoms with Gasteiger partial charge in [-0.15, -0.1) is 0 Å². The topological polar surface area (TPSA) is 117 Å². The SMILES string of the molecule is CCOC(=O)CC(NC(=O)c1cc(-c2cc(C)oc2C)nc2onc(C)c12)c1cccc(OC)c1. The first kappa shape index (κ1) is 24.0. The number of ether oxygens (including phenoxy) is 2. The summed E-state index contributed by atoms with van der Waals surface area (Å²) < 4.78 is 21.5. The second-order valence-corrected chi connectivity index (χ2v) is 8.14. The number of nitrogens with one attached hydrogen (secondary N) is 1. The molecule has 0 spiro atoms. The molecule has 1 amide bonds. The van der Waals surface area contributed by atoms with Crippen molar-refractivity contribution >= 4 is 23.0 Å². The molecule has 0 radical (unpaired) electrons. The van der Waals surface area contributed by atoms with Gasteiger partial charge in [-0.3, -0.25) is 9.59 Å². The van der Waals surface area contributed by atoms with E-state index in [2.05, 4.69) is 15.5 Å². The molecule has 182 valence electrons. The van der Waals surface area contributed by atoms with Crippen LogP contribution in [0.2, 0.25) is 0 Å². The van der Waals surface area contributed by atoms with Gasteiger partial charge < -0.3 is 23.7 Å². The van der Waals surface area contributed by atoms with Gasteiger partial charge in [0.05, 0.1) is 48.5 Å². The molecular weight excluding hydrogens is 450 g/mol. The van der Waals surface area contributed by atoms with E-state index in [1.54, 1.807) is 45.2 Å². The quantitative estimate of drug-likeness (QED) is 0.358. The molecule has 0 bridgehead atoms. The van der Waals surface area contributed by atoms with Gasteiger partial charge in [0, 0.05) is 5.56 Å². The summed E-state index contributed by atoms with van der Waals surface area (Å²) in [5.41, 5.74) is 3.09. The summed E-state index contributed by atoms with van der Waals surface area (Å²) in [6, 6.07) is 10.1. The number of aromatic nitrogens is 2. The Bertz CT molecular complexity index is 1390. The largest absolute Gasteiger partial charge is 0.497 e. The number of esters is 1. The van der Waals surface area contributed by atoms with Gasteiger partial charge in [-0.05, 0) is 57.5 Å². The summed E-state index contributed by atoms with van der Waals surface area (Å²) >= 11 is 0. The van der Waals surface area contributed by atoms with Crippen LogP contribution >= 0.6 is 0 Å². The second-order valence-electron chi connectivity index (χ2n) is 8.14. The van der Waals surface area contributed by atoms with Gasteiger partial charge in [0.25, 0.3) is 11.6 Å². The van der Waals surface area contributed by atoms with Gasteiger partial charge in [-0.1, -0.05) is 17.3 Å². The minimum absolute atomic E-state index is 0.0452. The first-order valence-electron chi connectivity index (χ1n) is 11.3. The lowest BCUT2D eigenvalue weighted by Gasteiger charge is -2.19. The average Bonchev–Trinajstić information content (AvgIpc) is 3.39. The van der Waals surface area contributed by atoms with E-state index < -0.39 is 17.9 Å². The fourth-order valence-corrected chi connectivity index (χ4v) is 4.03. The predicted octanol–water partition coefficient (Wildman–Crippen LogP) is 4.84. The summed E-state index contributed by atoms with van der Waals surface area (Å²) in [5.74, 6) is 1.19. The number of nitrogens with zero attached hydrogens (tertiary/aromatic N) is 2. The normalized spacial score (nSPS) is 11.9. The number of hydrogen-bond donors (Lipinski definition) is 1. The number of amides is 1. The molecule has 1 N–H and O–H groups in total. The van der Waals surface area contributed by atoms with Crippen molar-refractivity contribution in [3.05, 3.63) is 64.7 Å². The van der Waals surface area contributed by atoms with Crippen molar-refractivity contribution in [2.75, 3.05) is 13.7 Å². The summed E-state index contributed by atoms with van der Waals surface area (Å²) in [6.45, 7) is 7.40. The number of benzene rings is 1. The third-order valence-electron chi connectivity index (χ3n) is 5.66. The Labute approximate surface area is 202 Å². The van der Waals surface area contributed by atoms with E-state index in [4.69, 9.17) is 18.4 Å². The molecule has 4 rings (SSSR count). The van der Waals surface area contributed by atoms with Gasteiger partial charge in [0.1, 0.15) is 17.3 Å². The standard InChI is InChI=1S/C26H27N3O6/c1-6-33-23(30)13-21(17-8-7-9-18(11-17)32-5)27-25(31)20-12-22(19-10-14(2)34-16(19)4)28-26-24(20)15(3)29-35-26/h7-12,21H,6,13H2,1-5H3,(H,27,31). The highest BCUT2D eigenvalue weighted by molar-refractivity contribution is 6.07. The molecule has 9 heteroatoms. The maximum Gasteiger partial charge on any atom is 0.308 e. The Morgan fingerprint density at radius 1 is 1.14 bits per heavy atom. The fraction of sp³-hybridized carbons (Fsp3) is 0.308. The zero-order chi connectivity index (χ0) is 25.1. The third-order valence-corrected chi connectivity index (χ3v) is 5.66. The van der Waals surface area contributed by atoms with Crippen molar-refractivity contribution in [3.8, 4) is 17.0 Å². The lowest BCUT2D eigenvalue weighted by molar-refractivity contribution is -0.143. The number of rotatable bonds is 8. The molecule has 0 aliphatic carbocycles. The van der Waals surface area contributed by atoms with Crippen molar-refractivity contribution in [1.82, 2.24) is 15.5 Å². The fourth-order valence-electron chi connectivity index (χ4n) is 4.03. The number of hydrogen-bond acceptors (Lipinski definition) is 8. The van der Waals surface area contributed by atoms with Gasteiger partial charge in [-0.2, -0.15) is 0 Å². The number of carbonyl (C=O) groups is 2. The molecule has 1 unspecified atom stereocenters. The van der Waals surface area contributed by atoms with Crippen LogP contribution in [-0.2, 0) is 9.53 Å². The minimum atomic E-state index is -0.651. The van der Waals surface area contributed by atoms with Gasteiger partial charge in [-0.25, -0.2) is 4.98 Å². The predicted molar refractivity (Wildman–Crippen MR) is 128 cm³/mol. The molecule has 0 fully saturated rings. The highest BCUT2D eigenvalue weighted by Gasteiger charge is 2.25. The highest BCUT2D eigenvalue weighted by atomic mass is 16.5. The van der Waals surface area contributed by atoms with Crippen molar-refractivity contribution in [1.29, 1.82) is 0 Å². The lowest BCUT2D eigenvalue weighted by Crippen LogP contribution is -2.31. The van der Waals surface area contributed by atoms with Crippen LogP contribution in [0.25, 0.3) is 22.4 Å². The van der Waals surface area contributed by atoms with E-state index >= 15 is 0 Å². The smallest absolute Gasteiger partial charge is 0.308 e. The summed E-state index contributed by atoms with van der Waals surface area (Å²) in [4.78, 5) is 30.6. The second kappa shape index (κ2) is 10.0. The van der Waals surface area contributed by atoms with Crippen LogP contribution in [0.15, 0.2) is 45.3 Å². The van der Waals surface area contributed by atoms with Gasteiger partial charge in [0.2, 0.25) is 0 Å². The van der Waals surface area contributed by atoms with Crippen LogP contribution in [0, 0.1) is 20.8 Å². The summed E-state index contributed by atoms with van der Waals surface area (Å²) in [6.07, 6.45) is -0.0452. The molecule has 4 aromatic rings. The van der Waals surface area contributed by atoms with E-state index in [1.165, 1.54) is 0 Å². The van der Waals surface area contributed by atoms with Gasteiger partial charge >= 0.3 is 5.97 Å². The molecule has 9 nitrogen and oxygen atoms in total. The molecule has 3 aromatic heterocycles. The molecule has 3 heterocycles. The lowest BCUT2D eigenvalue weighted by atomic mass is 10.0. The summed E-state index contributed by atoms with van der Waals surface area (Å²) in [5, 5.41) is 7.49. The van der Waals surface area contributed by atoms with Crippen molar-refractivity contribution in [2.45, 2.75) is 40.2 Å². The maximum absolute atomic E-state index is 13.6. The van der Waals surface area contributed by atoms with Crippen molar-refractivity contribution < 1.29 is 28.0 Å². The highest BCUT2D eigenvalue weighted by Crippen LogP contribution is 2.31. The molecule has 0 saturated heterocycles. The molecule has 35 heavy (non-hydrogen) atoms. The van der Waals surface area contributed by atoms with Gasteiger partial charge in [0.15, 0.2) is 0 Å². The van der Waals surface area contributed by atoms with Crippen LogP contribution in [0.3, 0.4) is 0 Å². The number of fused-ring (bicyclic) bond motifs is 1. The Kier molecular flexibility index (Phi) is 6.86. The first-order chi connectivity index (χ1) is 16.8. The zero-order valence-corrected chi connectivity index (χ0v) is 20.3. The Morgan fingerprint density at radius 3 is 2.63 bits per heavy atom. The third kappa shape index (κ3) is 5.03. The van der Waals surface area contributed by atoms with E-state index in [-0.39, 0.29) is 18.7 Å². The van der Waals surface area contributed by atoms with Crippen LogP contribution < -0.4 is 10.1 Å². The van der Waals surface area contributed by atoms with E-state index in [0.717, 1.165) is 11.3 Å². The van der Waals surface area contributed by atoms with E-state index in [1.807, 2.05) is 26.0 Å². The van der Waals surface area contributed by atoms with Crippen LogP contribution in [0.1, 0.15) is 52.5 Å². The Hall–Kier alpha value is -4.14. The first-order valence-corrected chi connectivity index (χ1v) is 11.3. The summed E-state index contributed by atoms with van der Waals surface area (Å²) in [7, 11) is 1.56. The van der Waals surface area contributed by atoms with Crippen molar-refractivity contribution in [3.63, 3.8) is 0 Å². The number of pyridine rings is 1. The number of methoxy groups -OCH3 is 1. The number of carbonyl (C=O) groups excluding carboxylic acids is 2. The van der Waals surface area contributed by atoms with Crippen molar-refractivity contribution in [2.24, 2.45) is 0 Å². The van der Waals surface area contributed by atoms with E-state index in [0.29, 0.717) is 39.4 Å². The van der Waals surface area contributed by atoms with Crippen LogP contribution in [0.5, 0.6) is 5.75 Å².